The van der Waals surface area contributed by atoms with Gasteiger partial charge in [0.1, 0.15) is 0 Å². The number of rotatable bonds is 7. The Morgan fingerprint density at radius 2 is 1.09 bits per heavy atom. The molecule has 3 heteroatoms. The van der Waals surface area contributed by atoms with Gasteiger partial charge >= 0.3 is 0 Å². The highest BCUT2D eigenvalue weighted by Gasteiger charge is 2.36. The van der Waals surface area contributed by atoms with Gasteiger partial charge in [0.05, 0.1) is 12.7 Å². The Hall–Kier alpha value is -0.440. The van der Waals surface area contributed by atoms with Crippen LogP contribution < -0.4 is 0 Å². The quantitative estimate of drug-likeness (QED) is 0.375. The second kappa shape index (κ2) is 12.3. The number of unbranched alkanes of at least 4 members (excludes halogenated alkanes) is 1. The summed E-state index contributed by atoms with van der Waals surface area (Å²) in [6, 6.07) is 0. The Bertz CT molecular complexity index is 554. The van der Waals surface area contributed by atoms with Crippen LogP contribution in [0.5, 0.6) is 0 Å². The number of allylic oxidation sites excluding steroid dienone is 1. The molecule has 3 saturated carbocycles. The fourth-order valence-corrected chi connectivity index (χ4v) is 7.99. The van der Waals surface area contributed by atoms with E-state index in [1.165, 1.54) is 102 Å². The largest absolute Gasteiger partial charge is 0.378 e. The van der Waals surface area contributed by atoms with Gasteiger partial charge in [-0.25, -0.2) is 0 Å². The molecule has 0 aromatic rings. The highest BCUT2D eigenvalue weighted by atomic mass is 19.3. The molecular formula is C29H48F2O. The van der Waals surface area contributed by atoms with Crippen LogP contribution in [0.25, 0.3) is 0 Å². The number of ether oxygens (including phenoxy) is 1. The van der Waals surface area contributed by atoms with E-state index in [0.717, 1.165) is 55.0 Å². The van der Waals surface area contributed by atoms with Crippen LogP contribution in [0.2, 0.25) is 0 Å². The van der Waals surface area contributed by atoms with Gasteiger partial charge in [0.2, 0.25) is 0 Å². The average molecular weight is 451 g/mol. The molecule has 0 bridgehead atoms. The highest BCUT2D eigenvalue weighted by Crippen LogP contribution is 2.47. The number of hydrogen-bond donors (Lipinski definition) is 0. The predicted molar refractivity (Wildman–Crippen MR) is 129 cm³/mol. The maximum atomic E-state index is 12.5. The third-order valence-corrected chi connectivity index (χ3v) is 10.1. The van der Waals surface area contributed by atoms with Gasteiger partial charge in [-0.1, -0.05) is 19.8 Å². The van der Waals surface area contributed by atoms with Gasteiger partial charge in [-0.2, -0.15) is 8.78 Å². The summed E-state index contributed by atoms with van der Waals surface area (Å²) in [7, 11) is 0. The first-order valence-corrected chi connectivity index (χ1v) is 14.3. The smallest absolute Gasteiger partial charge is 0.266 e. The topological polar surface area (TPSA) is 9.23 Å². The van der Waals surface area contributed by atoms with Gasteiger partial charge in [-0.15, -0.1) is 0 Å². The molecule has 2 atom stereocenters. The van der Waals surface area contributed by atoms with Crippen molar-refractivity contribution >= 4 is 0 Å². The molecule has 0 N–H and O–H groups in total. The third kappa shape index (κ3) is 6.80. The Morgan fingerprint density at radius 1 is 0.656 bits per heavy atom. The summed E-state index contributed by atoms with van der Waals surface area (Å²) < 4.78 is 31.3. The monoisotopic (exact) mass is 450 g/mol. The van der Waals surface area contributed by atoms with Crippen LogP contribution in [-0.4, -0.2) is 12.7 Å². The summed E-state index contributed by atoms with van der Waals surface area (Å²) in [6.07, 6.45) is 22.7. The average Bonchev–Trinajstić information content (AvgIpc) is 2.83. The van der Waals surface area contributed by atoms with Crippen LogP contribution in [-0.2, 0) is 4.74 Å². The van der Waals surface area contributed by atoms with E-state index >= 15 is 0 Å². The van der Waals surface area contributed by atoms with E-state index < -0.39 is 6.08 Å². The maximum absolute atomic E-state index is 12.5. The van der Waals surface area contributed by atoms with Gasteiger partial charge in [-0.3, -0.25) is 0 Å². The van der Waals surface area contributed by atoms with Crippen LogP contribution in [0.4, 0.5) is 8.78 Å². The first kappa shape index (κ1) is 24.7. The van der Waals surface area contributed by atoms with Crippen molar-refractivity contribution in [3.63, 3.8) is 0 Å². The van der Waals surface area contributed by atoms with E-state index in [0.29, 0.717) is 6.10 Å². The van der Waals surface area contributed by atoms with Gasteiger partial charge in [0.25, 0.3) is 6.08 Å². The molecule has 184 valence electrons. The summed E-state index contributed by atoms with van der Waals surface area (Å²) >= 11 is 0. The van der Waals surface area contributed by atoms with Crippen molar-refractivity contribution in [1.29, 1.82) is 0 Å². The van der Waals surface area contributed by atoms with E-state index in [4.69, 9.17) is 4.74 Å². The normalized spacial score (nSPS) is 41.2. The predicted octanol–water partition coefficient (Wildman–Crippen LogP) is 9.17. The number of halogens is 2. The molecule has 0 aromatic carbocycles. The molecule has 1 saturated heterocycles. The second-order valence-corrected chi connectivity index (χ2v) is 11.9. The molecule has 0 spiro atoms. The Morgan fingerprint density at radius 3 is 1.50 bits per heavy atom. The van der Waals surface area contributed by atoms with E-state index in [1.54, 1.807) is 0 Å². The highest BCUT2D eigenvalue weighted by molar-refractivity contribution is 4.93. The summed E-state index contributed by atoms with van der Waals surface area (Å²) in [5.41, 5.74) is 0. The van der Waals surface area contributed by atoms with Crippen LogP contribution in [0.1, 0.15) is 116 Å². The molecule has 0 radical (unpaired) electrons. The first-order valence-electron chi connectivity index (χ1n) is 14.3. The van der Waals surface area contributed by atoms with Gasteiger partial charge in [-0.05, 0) is 144 Å². The molecule has 0 aromatic heterocycles. The zero-order valence-corrected chi connectivity index (χ0v) is 20.6. The molecule has 1 heterocycles. The van der Waals surface area contributed by atoms with Crippen molar-refractivity contribution in [1.82, 2.24) is 0 Å². The molecule has 1 aliphatic heterocycles. The minimum atomic E-state index is -1.48. The van der Waals surface area contributed by atoms with Crippen LogP contribution >= 0.6 is 0 Å². The first-order chi connectivity index (χ1) is 15.6. The van der Waals surface area contributed by atoms with Crippen LogP contribution in [0.15, 0.2) is 12.2 Å². The molecule has 32 heavy (non-hydrogen) atoms. The lowest BCUT2D eigenvalue weighted by molar-refractivity contribution is -0.0444. The van der Waals surface area contributed by atoms with Crippen molar-refractivity contribution in [3.8, 4) is 0 Å². The minimum absolute atomic E-state index is 0.138. The molecule has 3 aliphatic carbocycles. The Kier molecular flexibility index (Phi) is 9.50. The molecule has 2 unspecified atom stereocenters. The van der Waals surface area contributed by atoms with E-state index in [-0.39, 0.29) is 5.92 Å². The molecule has 4 fully saturated rings. The SMILES string of the molecule is CCCCC1CCC(C2CCC(C3CCC(C4CCC(C=C(F)F)CC4)CC3)CC2)CO1. The zero-order chi connectivity index (χ0) is 22.3. The zero-order valence-electron chi connectivity index (χ0n) is 20.6. The van der Waals surface area contributed by atoms with Gasteiger partial charge in [0.15, 0.2) is 0 Å². The summed E-state index contributed by atoms with van der Waals surface area (Å²) in [5, 5.41) is 0. The standard InChI is InChI=1S/C29H48F2O/c1-2-3-4-28-18-17-27(20-32-28)26-15-13-25(14-16-26)24-11-9-23(10-12-24)22-7-5-21(6-8-22)19-29(30)31/h19,21-28H,2-18,20H2,1H3. The van der Waals surface area contributed by atoms with Crippen LogP contribution in [0.3, 0.4) is 0 Å². The third-order valence-electron chi connectivity index (χ3n) is 10.1. The van der Waals surface area contributed by atoms with Crippen molar-refractivity contribution < 1.29 is 13.5 Å². The lowest BCUT2D eigenvalue weighted by Gasteiger charge is -2.43. The second-order valence-electron chi connectivity index (χ2n) is 11.9. The lowest BCUT2D eigenvalue weighted by atomic mass is 9.64. The van der Waals surface area contributed by atoms with Crippen molar-refractivity contribution in [2.45, 2.75) is 122 Å². The fraction of sp³-hybridized carbons (Fsp3) is 0.931. The van der Waals surface area contributed by atoms with Crippen LogP contribution in [0, 0.1) is 41.4 Å². The Balaban J connectivity index is 1.13. The van der Waals surface area contributed by atoms with Crippen molar-refractivity contribution in [2.24, 2.45) is 41.4 Å². The van der Waals surface area contributed by atoms with E-state index in [9.17, 15) is 8.78 Å². The molecule has 4 rings (SSSR count). The Labute approximate surface area is 196 Å². The molecular weight excluding hydrogens is 402 g/mol. The summed E-state index contributed by atoms with van der Waals surface area (Å²) in [5.74, 6) is 5.53. The molecule has 0 amide bonds. The molecule has 1 nitrogen and oxygen atoms in total. The maximum Gasteiger partial charge on any atom is 0.266 e. The summed E-state index contributed by atoms with van der Waals surface area (Å²) in [6.45, 7) is 3.31. The van der Waals surface area contributed by atoms with E-state index in [2.05, 4.69) is 6.92 Å². The number of hydrogen-bond acceptors (Lipinski definition) is 1. The van der Waals surface area contributed by atoms with E-state index in [1.807, 2.05) is 0 Å². The minimum Gasteiger partial charge on any atom is -0.378 e. The molecule has 4 aliphatic rings. The van der Waals surface area contributed by atoms with Gasteiger partial charge in [0, 0.05) is 0 Å². The van der Waals surface area contributed by atoms with Crippen molar-refractivity contribution in [2.75, 3.05) is 6.61 Å². The fourth-order valence-electron chi connectivity index (χ4n) is 7.99. The van der Waals surface area contributed by atoms with Gasteiger partial charge < -0.3 is 4.74 Å². The van der Waals surface area contributed by atoms with Crippen molar-refractivity contribution in [3.05, 3.63) is 12.2 Å². The summed E-state index contributed by atoms with van der Waals surface area (Å²) in [4.78, 5) is 0. The lowest BCUT2D eigenvalue weighted by Crippen LogP contribution is -2.34.